The summed E-state index contributed by atoms with van der Waals surface area (Å²) in [4.78, 5) is 21.9. The summed E-state index contributed by atoms with van der Waals surface area (Å²) in [6, 6.07) is 7.34. The van der Waals surface area contributed by atoms with Crippen molar-refractivity contribution in [1.82, 2.24) is 15.0 Å². The van der Waals surface area contributed by atoms with Crippen LogP contribution < -0.4 is 10.8 Å². The van der Waals surface area contributed by atoms with Crippen molar-refractivity contribution in [2.75, 3.05) is 18.5 Å². The summed E-state index contributed by atoms with van der Waals surface area (Å²) in [6.07, 6.45) is 2.21. The van der Waals surface area contributed by atoms with Crippen molar-refractivity contribution in [3.8, 4) is 0 Å². The van der Waals surface area contributed by atoms with E-state index in [0.29, 0.717) is 22.1 Å². The molecule has 28 heavy (non-hydrogen) atoms. The van der Waals surface area contributed by atoms with Crippen LogP contribution in [0.2, 0.25) is 5.02 Å². The summed E-state index contributed by atoms with van der Waals surface area (Å²) in [7, 11) is 1.75. The van der Waals surface area contributed by atoms with Crippen LogP contribution in [0.5, 0.6) is 0 Å². The molecule has 4 N–H and O–H groups in total. The Balaban J connectivity index is 1.98. The summed E-state index contributed by atoms with van der Waals surface area (Å²) in [6.45, 7) is -0.701. The predicted octanol–water partition coefficient (Wildman–Crippen LogP) is 2.59. The highest BCUT2D eigenvalue weighted by molar-refractivity contribution is 14.1. The smallest absolute Gasteiger partial charge is 0.293 e. The molecule has 10 heteroatoms. The number of rotatable bonds is 7. The highest BCUT2D eigenvalue weighted by Gasteiger charge is 2.22. The first kappa shape index (κ1) is 20.8. The number of amides is 1. The van der Waals surface area contributed by atoms with Gasteiger partial charge in [0.05, 0.1) is 28.5 Å². The van der Waals surface area contributed by atoms with Crippen LogP contribution >= 0.6 is 34.2 Å². The lowest BCUT2D eigenvalue weighted by Crippen LogP contribution is -2.31. The van der Waals surface area contributed by atoms with Gasteiger partial charge in [-0.05, 0) is 46.9 Å². The monoisotopic (exact) mass is 516 g/mol. The number of hydroxylamine groups is 1. The van der Waals surface area contributed by atoms with Gasteiger partial charge in [0, 0.05) is 28.4 Å². The number of pyridine rings is 1. The summed E-state index contributed by atoms with van der Waals surface area (Å²) >= 11 is 8.50. The van der Waals surface area contributed by atoms with Gasteiger partial charge in [0.15, 0.2) is 0 Å². The van der Waals surface area contributed by atoms with Crippen molar-refractivity contribution in [2.24, 2.45) is 7.05 Å². The second-order valence-electron chi connectivity index (χ2n) is 6.00. The van der Waals surface area contributed by atoms with E-state index in [1.807, 2.05) is 18.2 Å². The van der Waals surface area contributed by atoms with Crippen LogP contribution in [0.1, 0.15) is 10.5 Å². The van der Waals surface area contributed by atoms with Crippen LogP contribution in [-0.2, 0) is 11.9 Å². The van der Waals surface area contributed by atoms with E-state index in [1.165, 1.54) is 0 Å². The third-order valence-corrected chi connectivity index (χ3v) is 5.04. The number of nitrogens with one attached hydrogen (secondary N) is 2. The van der Waals surface area contributed by atoms with Gasteiger partial charge < -0.3 is 20.1 Å². The molecular weight excluding hydrogens is 499 g/mol. The third kappa shape index (κ3) is 4.39. The van der Waals surface area contributed by atoms with Crippen molar-refractivity contribution < 1.29 is 19.8 Å². The molecule has 0 aliphatic carbocycles. The number of aromatic nitrogens is 2. The minimum absolute atomic E-state index is 0.237. The Labute approximate surface area is 179 Å². The molecule has 0 bridgehead atoms. The molecule has 1 amide bonds. The third-order valence-electron chi connectivity index (χ3n) is 4.06. The van der Waals surface area contributed by atoms with Crippen LogP contribution in [0.15, 0.2) is 36.7 Å². The second-order valence-corrected chi connectivity index (χ2v) is 7.66. The summed E-state index contributed by atoms with van der Waals surface area (Å²) in [5, 5.41) is 22.7. The molecule has 0 aliphatic rings. The van der Waals surface area contributed by atoms with Crippen molar-refractivity contribution in [2.45, 2.75) is 6.10 Å². The number of aliphatic hydroxyl groups is 2. The van der Waals surface area contributed by atoms with Crippen LogP contribution in [0.25, 0.3) is 10.9 Å². The SMILES string of the molecule is Cn1c(C(=O)NOC[C@H](O)CO)c(Nc2ccc(I)cc2Cl)c2cnccc21. The first-order valence-electron chi connectivity index (χ1n) is 8.28. The van der Waals surface area contributed by atoms with Gasteiger partial charge in [0.2, 0.25) is 0 Å². The fourth-order valence-corrected chi connectivity index (χ4v) is 3.61. The van der Waals surface area contributed by atoms with E-state index in [-0.39, 0.29) is 6.61 Å². The minimum Gasteiger partial charge on any atom is -0.394 e. The number of hydrogen-bond acceptors (Lipinski definition) is 6. The number of halogens is 2. The number of anilines is 2. The van der Waals surface area contributed by atoms with Gasteiger partial charge in [0.1, 0.15) is 18.4 Å². The molecule has 1 atom stereocenters. The molecule has 0 saturated carbocycles. The second kappa shape index (κ2) is 9.05. The van der Waals surface area contributed by atoms with Gasteiger partial charge in [-0.2, -0.15) is 0 Å². The highest BCUT2D eigenvalue weighted by atomic mass is 127. The number of fused-ring (bicyclic) bond motifs is 1. The zero-order chi connectivity index (χ0) is 20.3. The van der Waals surface area contributed by atoms with E-state index in [4.69, 9.17) is 21.5 Å². The van der Waals surface area contributed by atoms with Gasteiger partial charge >= 0.3 is 0 Å². The van der Waals surface area contributed by atoms with Gasteiger partial charge in [-0.25, -0.2) is 5.48 Å². The molecule has 1 aromatic carbocycles. The maximum absolute atomic E-state index is 12.8. The molecule has 2 aromatic heterocycles. The molecule has 8 nitrogen and oxygen atoms in total. The molecular formula is C18H18ClIN4O4. The van der Waals surface area contributed by atoms with Crippen LogP contribution in [0.4, 0.5) is 11.4 Å². The molecule has 0 spiro atoms. The Morgan fingerprint density at radius 3 is 2.93 bits per heavy atom. The van der Waals surface area contributed by atoms with Crippen LogP contribution in [0.3, 0.4) is 0 Å². The van der Waals surface area contributed by atoms with E-state index in [2.05, 4.69) is 38.4 Å². The minimum atomic E-state index is -1.08. The lowest BCUT2D eigenvalue weighted by Gasteiger charge is -2.13. The number of nitrogens with zero attached hydrogens (tertiary/aromatic N) is 2. The molecule has 0 fully saturated rings. The number of carbonyl (C=O) groups excluding carboxylic acids is 1. The lowest BCUT2D eigenvalue weighted by molar-refractivity contribution is -0.0297. The lowest BCUT2D eigenvalue weighted by atomic mass is 10.2. The Morgan fingerprint density at radius 1 is 1.43 bits per heavy atom. The van der Waals surface area contributed by atoms with Crippen molar-refractivity contribution >= 4 is 62.4 Å². The predicted molar refractivity (Wildman–Crippen MR) is 115 cm³/mol. The fraction of sp³-hybridized carbons (Fsp3) is 0.222. The van der Waals surface area contributed by atoms with E-state index in [9.17, 15) is 9.90 Å². The van der Waals surface area contributed by atoms with Crippen LogP contribution in [0, 0.1) is 3.57 Å². The Hall–Kier alpha value is -1.92. The molecule has 2 heterocycles. The number of benzene rings is 1. The molecule has 0 unspecified atom stereocenters. The van der Waals surface area contributed by atoms with Gasteiger partial charge in [-0.1, -0.05) is 11.6 Å². The largest absolute Gasteiger partial charge is 0.394 e. The van der Waals surface area contributed by atoms with Crippen molar-refractivity contribution in [1.29, 1.82) is 0 Å². The number of hydrogen-bond donors (Lipinski definition) is 4. The van der Waals surface area contributed by atoms with E-state index >= 15 is 0 Å². The van der Waals surface area contributed by atoms with E-state index in [1.54, 1.807) is 30.1 Å². The molecule has 148 valence electrons. The quantitative estimate of drug-likeness (QED) is 0.284. The zero-order valence-electron chi connectivity index (χ0n) is 14.8. The zero-order valence-corrected chi connectivity index (χ0v) is 17.7. The van der Waals surface area contributed by atoms with Crippen molar-refractivity contribution in [3.63, 3.8) is 0 Å². The average Bonchev–Trinajstić information content (AvgIpc) is 2.96. The van der Waals surface area contributed by atoms with Crippen molar-refractivity contribution in [3.05, 3.63) is 50.9 Å². The number of aryl methyl sites for hydroxylation is 1. The maximum atomic E-state index is 12.8. The average molecular weight is 517 g/mol. The summed E-state index contributed by atoms with van der Waals surface area (Å²) in [5.41, 5.74) is 4.55. The molecule has 3 rings (SSSR count). The first-order chi connectivity index (χ1) is 13.4. The number of carbonyl (C=O) groups is 1. The fourth-order valence-electron chi connectivity index (χ4n) is 2.71. The maximum Gasteiger partial charge on any atom is 0.293 e. The first-order valence-corrected chi connectivity index (χ1v) is 9.73. The molecule has 0 saturated heterocycles. The normalized spacial score (nSPS) is 12.2. The number of aliphatic hydroxyl groups excluding tert-OH is 2. The molecule has 3 aromatic rings. The summed E-state index contributed by atoms with van der Waals surface area (Å²) < 4.78 is 2.70. The Kier molecular flexibility index (Phi) is 6.73. The highest BCUT2D eigenvalue weighted by Crippen LogP contribution is 2.35. The molecule has 0 aliphatic heterocycles. The van der Waals surface area contributed by atoms with E-state index in [0.717, 1.165) is 14.5 Å². The standard InChI is InChI=1S/C18H18ClIN4O4/c1-24-15-4-5-21-7-12(15)16(22-14-3-2-10(20)6-13(14)19)17(24)18(27)23-28-9-11(26)8-25/h2-7,11,22,25-26H,8-9H2,1H3,(H,23,27)/t11-/m1/s1. The summed E-state index contributed by atoms with van der Waals surface area (Å²) in [5.74, 6) is -0.520. The topological polar surface area (TPSA) is 109 Å². The molecule has 0 radical (unpaired) electrons. The van der Waals surface area contributed by atoms with Crippen LogP contribution in [-0.4, -0.2) is 45.0 Å². The Morgan fingerprint density at radius 2 is 2.21 bits per heavy atom. The van der Waals surface area contributed by atoms with Gasteiger partial charge in [-0.3, -0.25) is 14.6 Å². The van der Waals surface area contributed by atoms with E-state index < -0.39 is 18.6 Å². The van der Waals surface area contributed by atoms with Gasteiger partial charge in [0.25, 0.3) is 5.91 Å². The Bertz CT molecular complexity index is 1010. The van der Waals surface area contributed by atoms with Gasteiger partial charge in [-0.15, -0.1) is 0 Å².